The summed E-state index contributed by atoms with van der Waals surface area (Å²) >= 11 is 3.42. The second-order valence-electron chi connectivity index (χ2n) is 4.07. The van der Waals surface area contributed by atoms with Crippen molar-refractivity contribution in [3.8, 4) is 11.3 Å². The Morgan fingerprint density at radius 3 is 2.56 bits per heavy atom. The molecular weight excluding hydrogens is 290 g/mol. The van der Waals surface area contributed by atoms with Gasteiger partial charge in [-0.15, -0.1) is 0 Å². The Labute approximate surface area is 116 Å². The van der Waals surface area contributed by atoms with Gasteiger partial charge in [-0.3, -0.25) is 0 Å². The second-order valence-corrected chi connectivity index (χ2v) is 4.98. The Bertz CT molecular complexity index is 534. The van der Waals surface area contributed by atoms with Crippen LogP contribution in [0.3, 0.4) is 0 Å². The molecule has 0 aliphatic heterocycles. The number of halogens is 1. The minimum atomic E-state index is 0.574. The second kappa shape index (κ2) is 6.03. The van der Waals surface area contributed by atoms with Gasteiger partial charge in [-0.1, -0.05) is 40.6 Å². The van der Waals surface area contributed by atoms with Gasteiger partial charge in [0.25, 0.3) is 0 Å². The first-order chi connectivity index (χ1) is 8.72. The van der Waals surface area contributed by atoms with Crippen molar-refractivity contribution < 1.29 is 4.42 Å². The average Bonchev–Trinajstić information content (AvgIpc) is 2.85. The van der Waals surface area contributed by atoms with E-state index < -0.39 is 0 Å². The quantitative estimate of drug-likeness (QED) is 0.905. The first kappa shape index (κ1) is 13.1. The lowest BCUT2D eigenvalue weighted by atomic mass is 10.2. The van der Waals surface area contributed by atoms with Crippen molar-refractivity contribution in [1.82, 2.24) is 0 Å². The number of hydrogen-bond acceptors (Lipinski definition) is 2. The normalized spacial score (nSPS) is 11.8. The summed E-state index contributed by atoms with van der Waals surface area (Å²) in [5, 5.41) is 0. The van der Waals surface area contributed by atoms with Crippen LogP contribution in [0.1, 0.15) is 19.1 Å². The lowest BCUT2D eigenvalue weighted by molar-refractivity contribution is 0.571. The molecule has 94 valence electrons. The molecule has 0 aliphatic carbocycles. The van der Waals surface area contributed by atoms with Gasteiger partial charge in [-0.05, 0) is 36.8 Å². The SMILES string of the molecule is CCC(=Cc1ccc(-c2ccc(Br)cc2)o1)CN. The highest BCUT2D eigenvalue weighted by atomic mass is 79.9. The van der Waals surface area contributed by atoms with Crippen LogP contribution in [-0.2, 0) is 0 Å². The maximum atomic E-state index is 5.80. The largest absolute Gasteiger partial charge is 0.457 e. The van der Waals surface area contributed by atoms with Crippen molar-refractivity contribution in [2.75, 3.05) is 6.54 Å². The maximum absolute atomic E-state index is 5.80. The van der Waals surface area contributed by atoms with Gasteiger partial charge in [-0.2, -0.15) is 0 Å². The van der Waals surface area contributed by atoms with E-state index in [0.29, 0.717) is 6.54 Å². The third-order valence-corrected chi connectivity index (χ3v) is 3.35. The van der Waals surface area contributed by atoms with Crippen LogP contribution in [0.25, 0.3) is 17.4 Å². The monoisotopic (exact) mass is 305 g/mol. The van der Waals surface area contributed by atoms with Crippen LogP contribution in [0.5, 0.6) is 0 Å². The molecule has 18 heavy (non-hydrogen) atoms. The summed E-state index contributed by atoms with van der Waals surface area (Å²) < 4.78 is 6.86. The van der Waals surface area contributed by atoms with Crippen LogP contribution in [0, 0.1) is 0 Å². The van der Waals surface area contributed by atoms with Gasteiger partial charge in [0.05, 0.1) is 0 Å². The first-order valence-electron chi connectivity index (χ1n) is 5.98. The van der Waals surface area contributed by atoms with Crippen molar-refractivity contribution in [1.29, 1.82) is 0 Å². The number of hydrogen-bond donors (Lipinski definition) is 1. The van der Waals surface area contributed by atoms with Crippen molar-refractivity contribution in [3.05, 3.63) is 52.2 Å². The fourth-order valence-corrected chi connectivity index (χ4v) is 1.97. The zero-order valence-corrected chi connectivity index (χ0v) is 11.9. The van der Waals surface area contributed by atoms with Gasteiger partial charge in [0.1, 0.15) is 11.5 Å². The molecule has 0 atom stereocenters. The van der Waals surface area contributed by atoms with E-state index in [1.165, 1.54) is 5.57 Å². The smallest absolute Gasteiger partial charge is 0.134 e. The highest BCUT2D eigenvalue weighted by molar-refractivity contribution is 9.10. The molecule has 1 heterocycles. The Hall–Kier alpha value is -1.32. The van der Waals surface area contributed by atoms with E-state index in [-0.39, 0.29) is 0 Å². The van der Waals surface area contributed by atoms with Crippen molar-refractivity contribution in [3.63, 3.8) is 0 Å². The van der Waals surface area contributed by atoms with E-state index in [0.717, 1.165) is 28.0 Å². The minimum absolute atomic E-state index is 0.574. The molecule has 0 unspecified atom stereocenters. The molecule has 1 aromatic carbocycles. The molecule has 2 N–H and O–H groups in total. The predicted molar refractivity (Wildman–Crippen MR) is 79.2 cm³/mol. The molecule has 0 radical (unpaired) electrons. The fourth-order valence-electron chi connectivity index (χ4n) is 1.71. The zero-order valence-electron chi connectivity index (χ0n) is 10.3. The van der Waals surface area contributed by atoms with Crippen LogP contribution >= 0.6 is 15.9 Å². The molecule has 0 amide bonds. The Kier molecular flexibility index (Phi) is 4.39. The molecule has 3 heteroatoms. The Morgan fingerprint density at radius 1 is 1.22 bits per heavy atom. The average molecular weight is 306 g/mol. The van der Waals surface area contributed by atoms with Gasteiger partial charge in [-0.25, -0.2) is 0 Å². The van der Waals surface area contributed by atoms with Crippen molar-refractivity contribution in [2.45, 2.75) is 13.3 Å². The van der Waals surface area contributed by atoms with Crippen LogP contribution in [0.15, 0.2) is 50.9 Å². The number of rotatable bonds is 4. The Balaban J connectivity index is 2.25. The molecular formula is C15H16BrNO. The zero-order chi connectivity index (χ0) is 13.0. The summed E-state index contributed by atoms with van der Waals surface area (Å²) in [5.41, 5.74) is 7.91. The lowest BCUT2D eigenvalue weighted by Crippen LogP contribution is -2.01. The van der Waals surface area contributed by atoms with Crippen LogP contribution in [0.4, 0.5) is 0 Å². The van der Waals surface area contributed by atoms with Gasteiger partial charge in [0.15, 0.2) is 0 Å². The van der Waals surface area contributed by atoms with Crippen LogP contribution in [0.2, 0.25) is 0 Å². The highest BCUT2D eigenvalue weighted by Crippen LogP contribution is 2.25. The molecule has 0 saturated carbocycles. The summed E-state index contributed by atoms with van der Waals surface area (Å²) in [6, 6.07) is 12.0. The maximum Gasteiger partial charge on any atom is 0.134 e. The molecule has 0 aliphatic rings. The topological polar surface area (TPSA) is 39.2 Å². The third kappa shape index (κ3) is 3.12. The van der Waals surface area contributed by atoms with E-state index in [1.54, 1.807) is 0 Å². The van der Waals surface area contributed by atoms with E-state index in [1.807, 2.05) is 42.5 Å². The van der Waals surface area contributed by atoms with Gasteiger partial charge < -0.3 is 10.2 Å². The first-order valence-corrected chi connectivity index (χ1v) is 6.77. The van der Waals surface area contributed by atoms with E-state index in [2.05, 4.69) is 22.9 Å². The van der Waals surface area contributed by atoms with Gasteiger partial charge in [0, 0.05) is 16.6 Å². The fraction of sp³-hybridized carbons (Fsp3) is 0.200. The van der Waals surface area contributed by atoms with Crippen LogP contribution < -0.4 is 5.73 Å². The highest BCUT2D eigenvalue weighted by Gasteiger charge is 2.03. The molecule has 2 nitrogen and oxygen atoms in total. The summed E-state index contributed by atoms with van der Waals surface area (Å²) in [6.07, 6.45) is 2.97. The Morgan fingerprint density at radius 2 is 1.94 bits per heavy atom. The third-order valence-electron chi connectivity index (χ3n) is 2.82. The van der Waals surface area contributed by atoms with Crippen molar-refractivity contribution >= 4 is 22.0 Å². The van der Waals surface area contributed by atoms with Gasteiger partial charge in [0.2, 0.25) is 0 Å². The van der Waals surface area contributed by atoms with Gasteiger partial charge >= 0.3 is 0 Å². The number of nitrogens with two attached hydrogens (primary N) is 1. The minimum Gasteiger partial charge on any atom is -0.457 e. The summed E-state index contributed by atoms with van der Waals surface area (Å²) in [5.74, 6) is 1.73. The molecule has 0 saturated heterocycles. The predicted octanol–water partition coefficient (Wildman–Crippen LogP) is 4.46. The standard InChI is InChI=1S/C15H16BrNO/c1-2-11(10-17)9-14-7-8-15(18-14)12-3-5-13(16)6-4-12/h3-9H,2,10,17H2,1H3. The number of furan rings is 1. The molecule has 1 aromatic heterocycles. The van der Waals surface area contributed by atoms with E-state index in [9.17, 15) is 0 Å². The number of benzene rings is 1. The molecule has 0 fully saturated rings. The molecule has 0 spiro atoms. The van der Waals surface area contributed by atoms with Crippen LogP contribution in [-0.4, -0.2) is 6.54 Å². The van der Waals surface area contributed by atoms with Crippen molar-refractivity contribution in [2.24, 2.45) is 5.73 Å². The molecule has 2 aromatic rings. The summed E-state index contributed by atoms with van der Waals surface area (Å²) in [7, 11) is 0. The van der Waals surface area contributed by atoms with E-state index in [4.69, 9.17) is 10.2 Å². The van der Waals surface area contributed by atoms with E-state index >= 15 is 0 Å². The molecule has 0 bridgehead atoms. The lowest BCUT2D eigenvalue weighted by Gasteiger charge is -1.99. The summed E-state index contributed by atoms with van der Waals surface area (Å²) in [4.78, 5) is 0. The summed E-state index contributed by atoms with van der Waals surface area (Å²) in [6.45, 7) is 2.67. The molecule has 2 rings (SSSR count).